The summed E-state index contributed by atoms with van der Waals surface area (Å²) in [6.45, 7) is 0.558. The van der Waals surface area contributed by atoms with Gasteiger partial charge in [0.05, 0.1) is 6.54 Å². The number of amides is 2. The van der Waals surface area contributed by atoms with E-state index in [0.29, 0.717) is 19.4 Å². The molecule has 1 aliphatic heterocycles. The lowest BCUT2D eigenvalue weighted by Gasteiger charge is -2.22. The average molecular weight is 394 g/mol. The largest absolute Gasteiger partial charge is 0.480 e. The van der Waals surface area contributed by atoms with Gasteiger partial charge in [0.15, 0.2) is 0 Å². The molecule has 7 heteroatoms. The van der Waals surface area contributed by atoms with Gasteiger partial charge in [-0.25, -0.2) is 9.59 Å². The molecule has 1 heterocycles. The number of alkyl carbamates (subject to hydrolysis) is 1. The molecule has 0 aromatic heterocycles. The number of carboxylic acid groups (broad SMARTS) is 1. The van der Waals surface area contributed by atoms with Gasteiger partial charge in [-0.05, 0) is 28.7 Å². The second kappa shape index (κ2) is 7.95. The van der Waals surface area contributed by atoms with Crippen LogP contribution in [0.4, 0.5) is 4.79 Å². The highest BCUT2D eigenvalue weighted by atomic mass is 16.5. The number of hydrogen-bond donors (Lipinski definition) is 2. The van der Waals surface area contributed by atoms with Gasteiger partial charge in [0.1, 0.15) is 12.6 Å². The van der Waals surface area contributed by atoms with Gasteiger partial charge in [-0.3, -0.25) is 4.79 Å². The summed E-state index contributed by atoms with van der Waals surface area (Å²) in [5, 5.41) is 11.8. The van der Waals surface area contributed by atoms with Gasteiger partial charge < -0.3 is 20.1 Å². The lowest BCUT2D eigenvalue weighted by Crippen LogP contribution is -2.49. The molecule has 0 saturated carbocycles. The van der Waals surface area contributed by atoms with E-state index < -0.39 is 18.1 Å². The zero-order valence-corrected chi connectivity index (χ0v) is 15.8. The Kier molecular flexibility index (Phi) is 5.20. The standard InChI is InChI=1S/C22H22N2O5/c25-20-10-5-11-24(20)12-19(21(26)27)23-22(28)29-13-18-16-8-3-1-6-14(16)15-7-2-4-9-17(15)18/h1-4,6-9,18-19H,5,10-13H2,(H,23,28)(H,26,27). The summed E-state index contributed by atoms with van der Waals surface area (Å²) >= 11 is 0. The van der Waals surface area contributed by atoms with Gasteiger partial charge >= 0.3 is 12.1 Å². The van der Waals surface area contributed by atoms with E-state index in [2.05, 4.69) is 5.32 Å². The van der Waals surface area contributed by atoms with Crippen molar-refractivity contribution in [3.63, 3.8) is 0 Å². The number of rotatable bonds is 6. The van der Waals surface area contributed by atoms with Gasteiger partial charge in [-0.2, -0.15) is 0 Å². The van der Waals surface area contributed by atoms with Gasteiger partial charge in [0.2, 0.25) is 5.91 Å². The minimum atomic E-state index is -1.20. The van der Waals surface area contributed by atoms with Crippen molar-refractivity contribution in [2.45, 2.75) is 24.8 Å². The van der Waals surface area contributed by atoms with E-state index in [-0.39, 0.29) is 25.0 Å². The highest BCUT2D eigenvalue weighted by Gasteiger charge is 2.31. The van der Waals surface area contributed by atoms with Crippen LogP contribution in [-0.4, -0.2) is 53.7 Å². The molecule has 1 saturated heterocycles. The monoisotopic (exact) mass is 394 g/mol. The summed E-state index contributed by atoms with van der Waals surface area (Å²) in [4.78, 5) is 37.0. The molecule has 0 radical (unpaired) electrons. The average Bonchev–Trinajstić information content (AvgIpc) is 3.27. The molecule has 1 aliphatic carbocycles. The summed E-state index contributed by atoms with van der Waals surface area (Å²) < 4.78 is 5.39. The number of carbonyl (C=O) groups excluding carboxylic acids is 2. The Labute approximate surface area is 168 Å². The number of carbonyl (C=O) groups is 3. The number of likely N-dealkylation sites (tertiary alicyclic amines) is 1. The highest BCUT2D eigenvalue weighted by molar-refractivity contribution is 5.83. The lowest BCUT2D eigenvalue weighted by molar-refractivity contribution is -0.140. The van der Waals surface area contributed by atoms with Crippen molar-refractivity contribution in [3.8, 4) is 11.1 Å². The molecular weight excluding hydrogens is 372 g/mol. The summed E-state index contributed by atoms with van der Waals surface area (Å²) in [7, 11) is 0. The number of ether oxygens (including phenoxy) is 1. The van der Waals surface area contributed by atoms with E-state index in [1.54, 1.807) is 0 Å². The quantitative estimate of drug-likeness (QED) is 0.785. The van der Waals surface area contributed by atoms with E-state index >= 15 is 0 Å². The van der Waals surface area contributed by atoms with Crippen LogP contribution in [0.25, 0.3) is 11.1 Å². The Balaban J connectivity index is 1.41. The van der Waals surface area contributed by atoms with Crippen molar-refractivity contribution in [1.29, 1.82) is 0 Å². The van der Waals surface area contributed by atoms with Gasteiger partial charge in [0, 0.05) is 18.9 Å². The molecule has 2 aromatic rings. The SMILES string of the molecule is O=C(NC(CN1CCCC1=O)C(=O)O)OCC1c2ccccc2-c2ccccc21. The third-order valence-electron chi connectivity index (χ3n) is 5.51. The number of fused-ring (bicyclic) bond motifs is 3. The van der Waals surface area contributed by atoms with E-state index in [4.69, 9.17) is 4.74 Å². The van der Waals surface area contributed by atoms with E-state index in [1.165, 1.54) is 4.90 Å². The maximum absolute atomic E-state index is 12.3. The Morgan fingerprint density at radius 2 is 1.72 bits per heavy atom. The number of nitrogens with one attached hydrogen (secondary N) is 1. The molecule has 29 heavy (non-hydrogen) atoms. The predicted molar refractivity (Wildman–Crippen MR) is 105 cm³/mol. The first-order valence-corrected chi connectivity index (χ1v) is 9.66. The van der Waals surface area contributed by atoms with E-state index in [9.17, 15) is 19.5 Å². The van der Waals surface area contributed by atoms with Crippen molar-refractivity contribution in [1.82, 2.24) is 10.2 Å². The molecular formula is C22H22N2O5. The van der Waals surface area contributed by atoms with Crippen LogP contribution in [0.3, 0.4) is 0 Å². The van der Waals surface area contributed by atoms with Gasteiger partial charge in [0.25, 0.3) is 0 Å². The molecule has 7 nitrogen and oxygen atoms in total. The van der Waals surface area contributed by atoms with Crippen molar-refractivity contribution in [3.05, 3.63) is 59.7 Å². The van der Waals surface area contributed by atoms with Crippen LogP contribution in [0.2, 0.25) is 0 Å². The van der Waals surface area contributed by atoms with Crippen molar-refractivity contribution >= 4 is 18.0 Å². The maximum Gasteiger partial charge on any atom is 0.407 e. The zero-order chi connectivity index (χ0) is 20.4. The fourth-order valence-electron chi connectivity index (χ4n) is 4.09. The molecule has 2 aromatic carbocycles. The van der Waals surface area contributed by atoms with Crippen molar-refractivity contribution < 1.29 is 24.2 Å². The Hall–Kier alpha value is -3.35. The first-order valence-electron chi connectivity index (χ1n) is 9.66. The van der Waals surface area contributed by atoms with Crippen molar-refractivity contribution in [2.75, 3.05) is 19.7 Å². The van der Waals surface area contributed by atoms with E-state index in [1.807, 2.05) is 48.5 Å². The molecule has 1 atom stereocenters. The lowest BCUT2D eigenvalue weighted by atomic mass is 9.98. The molecule has 2 N–H and O–H groups in total. The Morgan fingerprint density at radius 3 is 2.28 bits per heavy atom. The number of hydrogen-bond acceptors (Lipinski definition) is 4. The third kappa shape index (κ3) is 3.81. The van der Waals surface area contributed by atoms with Crippen LogP contribution in [0, 0.1) is 0 Å². The van der Waals surface area contributed by atoms with Crippen LogP contribution in [0.5, 0.6) is 0 Å². The number of aliphatic carboxylic acids is 1. The molecule has 150 valence electrons. The second-order valence-electron chi connectivity index (χ2n) is 7.30. The molecule has 0 bridgehead atoms. The number of benzene rings is 2. The van der Waals surface area contributed by atoms with Crippen LogP contribution >= 0.6 is 0 Å². The normalized spacial score (nSPS) is 16.3. The first kappa shape index (κ1) is 19.0. The predicted octanol–water partition coefficient (Wildman–Crippen LogP) is 2.60. The summed E-state index contributed by atoms with van der Waals surface area (Å²) in [6, 6.07) is 14.8. The second-order valence-corrected chi connectivity index (χ2v) is 7.30. The van der Waals surface area contributed by atoms with Gasteiger partial charge in [-0.1, -0.05) is 48.5 Å². The van der Waals surface area contributed by atoms with Crippen LogP contribution in [0.15, 0.2) is 48.5 Å². The zero-order valence-electron chi connectivity index (χ0n) is 15.8. The third-order valence-corrected chi connectivity index (χ3v) is 5.51. The Morgan fingerprint density at radius 1 is 1.10 bits per heavy atom. The van der Waals surface area contributed by atoms with Crippen molar-refractivity contribution in [2.24, 2.45) is 0 Å². The minimum Gasteiger partial charge on any atom is -0.480 e. The number of nitrogens with zero attached hydrogens (tertiary/aromatic N) is 1. The molecule has 1 fully saturated rings. The highest BCUT2D eigenvalue weighted by Crippen LogP contribution is 2.44. The summed E-state index contributed by atoms with van der Waals surface area (Å²) in [6.07, 6.45) is 0.318. The number of carboxylic acids is 1. The molecule has 4 rings (SSSR count). The maximum atomic E-state index is 12.3. The van der Waals surface area contributed by atoms with Crippen LogP contribution in [0.1, 0.15) is 29.9 Å². The topological polar surface area (TPSA) is 95.9 Å². The molecule has 1 unspecified atom stereocenters. The van der Waals surface area contributed by atoms with Gasteiger partial charge in [-0.15, -0.1) is 0 Å². The minimum absolute atomic E-state index is 0.0572. The Bertz CT molecular complexity index is 912. The molecule has 2 amide bonds. The van der Waals surface area contributed by atoms with E-state index in [0.717, 1.165) is 22.3 Å². The fourth-order valence-corrected chi connectivity index (χ4v) is 4.09. The van der Waals surface area contributed by atoms with Crippen LogP contribution in [-0.2, 0) is 14.3 Å². The van der Waals surface area contributed by atoms with Crippen LogP contribution < -0.4 is 5.32 Å². The molecule has 0 spiro atoms. The summed E-state index contributed by atoms with van der Waals surface area (Å²) in [5.74, 6) is -1.39. The fraction of sp³-hybridized carbons (Fsp3) is 0.318. The smallest absolute Gasteiger partial charge is 0.407 e. The molecule has 2 aliphatic rings. The summed E-state index contributed by atoms with van der Waals surface area (Å²) in [5.41, 5.74) is 4.40. The first-order chi connectivity index (χ1) is 14.0.